The van der Waals surface area contributed by atoms with Crippen LogP contribution in [0, 0.1) is 10.8 Å². The Labute approximate surface area is 80.7 Å². The number of hydrogen-bond acceptors (Lipinski definition) is 0. The largest absolute Gasteiger partial charge is 0.0777 e. The maximum absolute atomic E-state index is 2.53. The lowest BCUT2D eigenvalue weighted by Gasteiger charge is -2.34. The van der Waals surface area contributed by atoms with Gasteiger partial charge in [-0.1, -0.05) is 43.6 Å². The molecule has 3 aliphatic rings. The summed E-state index contributed by atoms with van der Waals surface area (Å²) in [4.78, 5) is 0. The summed E-state index contributed by atoms with van der Waals surface area (Å²) in [5.41, 5.74) is 1.04. The monoisotopic (exact) mass is 174 g/mol. The van der Waals surface area contributed by atoms with Crippen LogP contribution in [0.3, 0.4) is 0 Å². The SMILES string of the molecule is C1=CC2(C=CC13CCCCC3)CC2. The summed E-state index contributed by atoms with van der Waals surface area (Å²) < 4.78 is 0. The molecule has 3 rings (SSSR count). The smallest absolute Gasteiger partial charge is 0.00624 e. The van der Waals surface area contributed by atoms with E-state index in [0.717, 1.165) is 0 Å². The van der Waals surface area contributed by atoms with Crippen LogP contribution in [-0.4, -0.2) is 0 Å². The summed E-state index contributed by atoms with van der Waals surface area (Å²) in [6, 6.07) is 0. The first kappa shape index (κ1) is 7.84. The summed E-state index contributed by atoms with van der Waals surface area (Å²) in [6.45, 7) is 0. The van der Waals surface area contributed by atoms with Crippen LogP contribution in [-0.2, 0) is 0 Å². The summed E-state index contributed by atoms with van der Waals surface area (Å²) in [5.74, 6) is 0. The van der Waals surface area contributed by atoms with Crippen LogP contribution in [0.15, 0.2) is 24.3 Å². The second-order valence-electron chi connectivity index (χ2n) is 5.19. The molecule has 0 heterocycles. The van der Waals surface area contributed by atoms with Gasteiger partial charge < -0.3 is 0 Å². The van der Waals surface area contributed by atoms with Crippen molar-refractivity contribution in [3.8, 4) is 0 Å². The molecule has 0 heteroatoms. The van der Waals surface area contributed by atoms with Crippen LogP contribution in [0.25, 0.3) is 0 Å². The highest BCUT2D eigenvalue weighted by Crippen LogP contribution is 2.54. The van der Waals surface area contributed by atoms with E-state index in [1.54, 1.807) is 0 Å². The first-order chi connectivity index (χ1) is 6.33. The zero-order valence-corrected chi connectivity index (χ0v) is 8.26. The highest BCUT2D eigenvalue weighted by atomic mass is 14.5. The topological polar surface area (TPSA) is 0 Å². The molecule has 2 saturated carbocycles. The van der Waals surface area contributed by atoms with Crippen molar-refractivity contribution in [2.24, 2.45) is 10.8 Å². The van der Waals surface area contributed by atoms with Crippen LogP contribution >= 0.6 is 0 Å². The van der Waals surface area contributed by atoms with Gasteiger partial charge in [-0.05, 0) is 25.7 Å². The maximum atomic E-state index is 2.53. The van der Waals surface area contributed by atoms with E-state index in [0.29, 0.717) is 10.8 Å². The van der Waals surface area contributed by atoms with E-state index < -0.39 is 0 Å². The fourth-order valence-corrected chi connectivity index (χ4v) is 2.80. The third-order valence-corrected chi connectivity index (χ3v) is 4.11. The lowest BCUT2D eigenvalue weighted by atomic mass is 9.70. The zero-order chi connectivity index (χ0) is 8.78. The van der Waals surface area contributed by atoms with Gasteiger partial charge >= 0.3 is 0 Å². The predicted molar refractivity (Wildman–Crippen MR) is 55.5 cm³/mol. The lowest BCUT2D eigenvalue weighted by Crippen LogP contribution is -2.21. The normalized spacial score (nSPS) is 32.6. The van der Waals surface area contributed by atoms with Crippen LogP contribution in [0.2, 0.25) is 0 Å². The van der Waals surface area contributed by atoms with E-state index >= 15 is 0 Å². The van der Waals surface area contributed by atoms with Gasteiger partial charge in [-0.25, -0.2) is 0 Å². The molecule has 2 fully saturated rings. The molecule has 70 valence electrons. The van der Waals surface area contributed by atoms with E-state index in [9.17, 15) is 0 Å². The van der Waals surface area contributed by atoms with Gasteiger partial charge in [0.2, 0.25) is 0 Å². The fourth-order valence-electron chi connectivity index (χ4n) is 2.80. The maximum Gasteiger partial charge on any atom is 0.00624 e. The Kier molecular flexibility index (Phi) is 1.51. The van der Waals surface area contributed by atoms with Gasteiger partial charge in [-0.3, -0.25) is 0 Å². The molecule has 2 spiro atoms. The van der Waals surface area contributed by atoms with Crippen molar-refractivity contribution in [1.29, 1.82) is 0 Å². The lowest BCUT2D eigenvalue weighted by molar-refractivity contribution is 0.319. The van der Waals surface area contributed by atoms with E-state index in [2.05, 4.69) is 24.3 Å². The summed E-state index contributed by atoms with van der Waals surface area (Å²) in [7, 11) is 0. The molecular formula is C13H18. The zero-order valence-electron chi connectivity index (χ0n) is 8.26. The quantitative estimate of drug-likeness (QED) is 0.489. The highest BCUT2D eigenvalue weighted by Gasteiger charge is 2.41. The molecule has 0 bridgehead atoms. The van der Waals surface area contributed by atoms with Crippen molar-refractivity contribution in [2.45, 2.75) is 44.9 Å². The standard InChI is InChI=1S/C13H18/c1-2-4-12(5-3-1)6-8-13(9-7-12)10-11-13/h6-9H,1-5,10-11H2. The van der Waals surface area contributed by atoms with Gasteiger partial charge in [0.1, 0.15) is 0 Å². The minimum absolute atomic E-state index is 0.492. The summed E-state index contributed by atoms with van der Waals surface area (Å²) in [5, 5.41) is 0. The average Bonchev–Trinajstić information content (AvgIpc) is 2.94. The average molecular weight is 174 g/mol. The molecule has 0 radical (unpaired) electrons. The molecule has 0 amide bonds. The van der Waals surface area contributed by atoms with Crippen molar-refractivity contribution in [3.05, 3.63) is 24.3 Å². The number of rotatable bonds is 0. The molecule has 13 heavy (non-hydrogen) atoms. The molecule has 0 aromatic carbocycles. The van der Waals surface area contributed by atoms with Gasteiger partial charge in [0, 0.05) is 10.8 Å². The molecule has 0 atom stereocenters. The Morgan fingerprint density at radius 2 is 1.00 bits per heavy atom. The van der Waals surface area contributed by atoms with Crippen LogP contribution < -0.4 is 0 Å². The van der Waals surface area contributed by atoms with Crippen molar-refractivity contribution in [1.82, 2.24) is 0 Å². The molecule has 0 unspecified atom stereocenters. The van der Waals surface area contributed by atoms with Gasteiger partial charge in [0.05, 0.1) is 0 Å². The van der Waals surface area contributed by atoms with E-state index in [4.69, 9.17) is 0 Å². The second-order valence-corrected chi connectivity index (χ2v) is 5.19. The molecular weight excluding hydrogens is 156 g/mol. The van der Waals surface area contributed by atoms with Crippen molar-refractivity contribution < 1.29 is 0 Å². The summed E-state index contributed by atoms with van der Waals surface area (Å²) >= 11 is 0. The second kappa shape index (κ2) is 2.50. The van der Waals surface area contributed by atoms with Crippen molar-refractivity contribution in [2.75, 3.05) is 0 Å². The van der Waals surface area contributed by atoms with E-state index in [1.807, 2.05) is 0 Å². The third kappa shape index (κ3) is 1.27. The highest BCUT2D eigenvalue weighted by molar-refractivity contribution is 5.30. The molecule has 0 aromatic heterocycles. The molecule has 0 nitrogen and oxygen atoms in total. The third-order valence-electron chi connectivity index (χ3n) is 4.11. The van der Waals surface area contributed by atoms with Gasteiger partial charge in [-0.2, -0.15) is 0 Å². The Bertz CT molecular complexity index is 242. The minimum Gasteiger partial charge on any atom is -0.0777 e. The molecule has 0 saturated heterocycles. The molecule has 3 aliphatic carbocycles. The molecule has 0 aromatic rings. The number of hydrogen-bond donors (Lipinski definition) is 0. The minimum atomic E-state index is 0.492. The van der Waals surface area contributed by atoms with Crippen LogP contribution in [0.4, 0.5) is 0 Å². The number of allylic oxidation sites excluding steroid dienone is 4. The van der Waals surface area contributed by atoms with Crippen molar-refractivity contribution >= 4 is 0 Å². The Balaban J connectivity index is 1.82. The Morgan fingerprint density at radius 1 is 0.538 bits per heavy atom. The van der Waals surface area contributed by atoms with Crippen LogP contribution in [0.1, 0.15) is 44.9 Å². The Hall–Kier alpha value is -0.520. The first-order valence-electron chi connectivity index (χ1n) is 5.74. The predicted octanol–water partition coefficient (Wildman–Crippen LogP) is 3.84. The van der Waals surface area contributed by atoms with Gasteiger partial charge in [0.15, 0.2) is 0 Å². The van der Waals surface area contributed by atoms with Gasteiger partial charge in [0.25, 0.3) is 0 Å². The summed E-state index contributed by atoms with van der Waals surface area (Å²) in [6.07, 6.45) is 20.0. The Morgan fingerprint density at radius 3 is 1.46 bits per heavy atom. The van der Waals surface area contributed by atoms with Crippen molar-refractivity contribution in [3.63, 3.8) is 0 Å². The van der Waals surface area contributed by atoms with Crippen LogP contribution in [0.5, 0.6) is 0 Å². The molecule has 0 N–H and O–H groups in total. The first-order valence-corrected chi connectivity index (χ1v) is 5.74. The van der Waals surface area contributed by atoms with E-state index in [1.165, 1.54) is 44.9 Å². The van der Waals surface area contributed by atoms with Gasteiger partial charge in [-0.15, -0.1) is 0 Å². The fraction of sp³-hybridized carbons (Fsp3) is 0.692. The molecule has 0 aliphatic heterocycles. The van der Waals surface area contributed by atoms with E-state index in [-0.39, 0.29) is 0 Å².